The molecule has 226 valence electrons. The van der Waals surface area contributed by atoms with Gasteiger partial charge in [-0.2, -0.15) is 0 Å². The number of ether oxygens (including phenoxy) is 2. The molecular formula is C36H43N3O4. The second kappa shape index (κ2) is 11.8. The van der Waals surface area contributed by atoms with Crippen LogP contribution in [0.5, 0.6) is 0 Å². The molecule has 7 nitrogen and oxygen atoms in total. The molecule has 3 aromatic carbocycles. The van der Waals surface area contributed by atoms with Gasteiger partial charge in [-0.15, -0.1) is 0 Å². The minimum absolute atomic E-state index is 0.230. The van der Waals surface area contributed by atoms with Crippen LogP contribution in [-0.2, 0) is 22.4 Å². The summed E-state index contributed by atoms with van der Waals surface area (Å²) < 4.78 is 11.1. The quantitative estimate of drug-likeness (QED) is 0.300. The number of carbonyl (C=O) groups is 2. The van der Waals surface area contributed by atoms with E-state index < -0.39 is 5.60 Å². The zero-order valence-electron chi connectivity index (χ0n) is 25.9. The molecule has 2 heterocycles. The molecule has 6 rings (SSSR count). The number of primary amides is 1. The smallest absolute Gasteiger partial charge is 0.410 e. The Morgan fingerprint density at radius 2 is 1.67 bits per heavy atom. The summed E-state index contributed by atoms with van der Waals surface area (Å²) in [5.74, 6) is -0.000808. The maximum atomic E-state index is 12.7. The summed E-state index contributed by atoms with van der Waals surface area (Å²) in [6.07, 6.45) is 2.28. The topological polar surface area (TPSA) is 85.1 Å². The largest absolute Gasteiger partial charge is 0.444 e. The van der Waals surface area contributed by atoms with E-state index in [9.17, 15) is 9.59 Å². The van der Waals surface area contributed by atoms with Crippen molar-refractivity contribution in [3.63, 3.8) is 0 Å². The summed E-state index contributed by atoms with van der Waals surface area (Å²) in [7, 11) is 0. The molecule has 1 aliphatic carbocycles. The third-order valence-corrected chi connectivity index (χ3v) is 9.09. The average molecular weight is 582 g/mol. The molecular weight excluding hydrogens is 538 g/mol. The van der Waals surface area contributed by atoms with E-state index in [0.29, 0.717) is 31.0 Å². The Balaban J connectivity index is 1.22. The Morgan fingerprint density at radius 1 is 0.930 bits per heavy atom. The number of hydrogen-bond donors (Lipinski definition) is 1. The highest BCUT2D eigenvalue weighted by Crippen LogP contribution is 2.43. The van der Waals surface area contributed by atoms with Crippen LogP contribution in [0.1, 0.15) is 77.7 Å². The molecule has 2 amide bonds. The molecule has 3 aliphatic rings. The van der Waals surface area contributed by atoms with Gasteiger partial charge in [0, 0.05) is 38.3 Å². The second-order valence-corrected chi connectivity index (χ2v) is 13.3. The fraction of sp³-hybridized carbons (Fsp3) is 0.444. The number of nitrogens with zero attached hydrogens (tertiary/aromatic N) is 2. The number of rotatable bonds is 5. The lowest BCUT2D eigenvalue weighted by Crippen LogP contribution is -2.41. The van der Waals surface area contributed by atoms with Gasteiger partial charge in [0.05, 0.1) is 13.2 Å². The first kappa shape index (κ1) is 29.4. The monoisotopic (exact) mass is 581 g/mol. The van der Waals surface area contributed by atoms with Crippen LogP contribution >= 0.6 is 0 Å². The SMILES string of the molecule is Cc1cc(-c2cc(C(N)=O)c3c(c2)-c2ccc(C4CCN(C(=O)OC(C)(C)C)CC4)cc2C3)ccc1CN1CCOCC1. The summed E-state index contributed by atoms with van der Waals surface area (Å²) in [5.41, 5.74) is 16.6. The molecule has 0 saturated carbocycles. The minimum Gasteiger partial charge on any atom is -0.444 e. The number of fused-ring (bicyclic) bond motifs is 3. The van der Waals surface area contributed by atoms with Crippen LogP contribution in [0.25, 0.3) is 22.3 Å². The Bertz CT molecular complexity index is 1540. The molecule has 7 heteroatoms. The second-order valence-electron chi connectivity index (χ2n) is 13.3. The molecule has 43 heavy (non-hydrogen) atoms. The van der Waals surface area contributed by atoms with Crippen LogP contribution in [0.3, 0.4) is 0 Å². The zero-order chi connectivity index (χ0) is 30.3. The van der Waals surface area contributed by atoms with Crippen molar-refractivity contribution in [3.05, 3.63) is 81.9 Å². The molecule has 2 fully saturated rings. The molecule has 0 spiro atoms. The fourth-order valence-corrected chi connectivity index (χ4v) is 6.73. The first-order chi connectivity index (χ1) is 20.6. The molecule has 0 aromatic heterocycles. The van der Waals surface area contributed by atoms with E-state index in [2.05, 4.69) is 54.3 Å². The predicted molar refractivity (Wildman–Crippen MR) is 169 cm³/mol. The van der Waals surface area contributed by atoms with Gasteiger partial charge < -0.3 is 20.1 Å². The van der Waals surface area contributed by atoms with E-state index >= 15 is 0 Å². The minimum atomic E-state index is -0.488. The number of aryl methyl sites for hydroxylation is 1. The highest BCUT2D eigenvalue weighted by Gasteiger charge is 2.30. The lowest BCUT2D eigenvalue weighted by atomic mass is 9.87. The Morgan fingerprint density at radius 3 is 2.35 bits per heavy atom. The van der Waals surface area contributed by atoms with E-state index in [4.69, 9.17) is 15.2 Å². The van der Waals surface area contributed by atoms with Crippen molar-refractivity contribution in [2.75, 3.05) is 39.4 Å². The van der Waals surface area contributed by atoms with Crippen LogP contribution in [0.15, 0.2) is 48.5 Å². The molecule has 3 aromatic rings. The molecule has 0 radical (unpaired) electrons. The third-order valence-electron chi connectivity index (χ3n) is 9.09. The van der Waals surface area contributed by atoms with Crippen molar-refractivity contribution in [2.24, 2.45) is 5.73 Å². The fourth-order valence-electron chi connectivity index (χ4n) is 6.73. The highest BCUT2D eigenvalue weighted by atomic mass is 16.6. The van der Waals surface area contributed by atoms with Gasteiger partial charge in [0.2, 0.25) is 5.91 Å². The molecule has 2 aliphatic heterocycles. The first-order valence-electron chi connectivity index (χ1n) is 15.5. The van der Waals surface area contributed by atoms with Crippen molar-refractivity contribution < 1.29 is 19.1 Å². The van der Waals surface area contributed by atoms with Gasteiger partial charge in [-0.25, -0.2) is 4.79 Å². The van der Waals surface area contributed by atoms with Crippen LogP contribution in [-0.4, -0.2) is 66.8 Å². The summed E-state index contributed by atoms with van der Waals surface area (Å²) >= 11 is 0. The van der Waals surface area contributed by atoms with Gasteiger partial charge in [0.15, 0.2) is 0 Å². The third kappa shape index (κ3) is 6.34. The number of piperidine rings is 1. The summed E-state index contributed by atoms with van der Waals surface area (Å²) in [6, 6.07) is 17.5. The van der Waals surface area contributed by atoms with Crippen LogP contribution < -0.4 is 5.73 Å². The van der Waals surface area contributed by atoms with Gasteiger partial charge in [0.1, 0.15) is 5.60 Å². The molecule has 0 unspecified atom stereocenters. The van der Waals surface area contributed by atoms with Crippen molar-refractivity contribution in [1.82, 2.24) is 9.80 Å². The summed E-state index contributed by atoms with van der Waals surface area (Å²) in [6.45, 7) is 13.7. The summed E-state index contributed by atoms with van der Waals surface area (Å²) in [4.78, 5) is 29.5. The number of benzene rings is 3. The highest BCUT2D eigenvalue weighted by molar-refractivity contribution is 6.00. The van der Waals surface area contributed by atoms with Crippen molar-refractivity contribution >= 4 is 12.0 Å². The number of carbonyl (C=O) groups excluding carboxylic acids is 2. The van der Waals surface area contributed by atoms with E-state index in [1.807, 2.05) is 31.7 Å². The molecule has 0 atom stereocenters. The lowest BCUT2D eigenvalue weighted by molar-refractivity contribution is 0.0204. The van der Waals surface area contributed by atoms with Crippen LogP contribution in [0, 0.1) is 6.92 Å². The van der Waals surface area contributed by atoms with Gasteiger partial charge in [-0.3, -0.25) is 9.69 Å². The number of amides is 2. The van der Waals surface area contributed by atoms with Crippen molar-refractivity contribution in [3.8, 4) is 22.3 Å². The zero-order valence-corrected chi connectivity index (χ0v) is 25.9. The van der Waals surface area contributed by atoms with E-state index in [-0.39, 0.29) is 12.0 Å². The standard InChI is InChI=1S/C36H43N3O4/c1-23-17-25(5-6-27(23)22-38-13-15-42-16-14-38)28-19-31-30-8-7-26(18-29(30)21-32(31)33(20-28)34(37)40)24-9-11-39(12-10-24)35(41)43-36(2,3)4/h5-8,17-20,24H,9-16,21-22H2,1-4H3,(H2,37,40). The molecule has 2 saturated heterocycles. The number of morpholine rings is 1. The number of nitrogens with two attached hydrogens (primary N) is 1. The number of hydrogen-bond acceptors (Lipinski definition) is 5. The number of likely N-dealkylation sites (tertiary alicyclic amines) is 1. The van der Waals surface area contributed by atoms with Gasteiger partial charge in [-0.1, -0.05) is 36.4 Å². The lowest BCUT2D eigenvalue weighted by Gasteiger charge is -2.33. The van der Waals surface area contributed by atoms with E-state index in [0.717, 1.165) is 67.9 Å². The van der Waals surface area contributed by atoms with Crippen molar-refractivity contribution in [1.29, 1.82) is 0 Å². The molecule has 2 N–H and O–H groups in total. The summed E-state index contributed by atoms with van der Waals surface area (Å²) in [5, 5.41) is 0. The van der Waals surface area contributed by atoms with Gasteiger partial charge in [0.25, 0.3) is 0 Å². The van der Waals surface area contributed by atoms with Gasteiger partial charge in [-0.05, 0) is 115 Å². The maximum Gasteiger partial charge on any atom is 0.410 e. The molecule has 0 bridgehead atoms. The first-order valence-corrected chi connectivity index (χ1v) is 15.5. The van der Waals surface area contributed by atoms with Crippen molar-refractivity contribution in [2.45, 2.75) is 65.0 Å². The van der Waals surface area contributed by atoms with E-state index in [1.54, 1.807) is 0 Å². The Kier molecular flexibility index (Phi) is 8.05. The predicted octanol–water partition coefficient (Wildman–Crippen LogP) is 6.28. The normalized spacial score (nSPS) is 17.4. The maximum absolute atomic E-state index is 12.7. The van der Waals surface area contributed by atoms with Gasteiger partial charge >= 0.3 is 6.09 Å². The van der Waals surface area contributed by atoms with Crippen LogP contribution in [0.4, 0.5) is 4.79 Å². The van der Waals surface area contributed by atoms with Crippen LogP contribution in [0.2, 0.25) is 0 Å². The Labute approximate surface area is 255 Å². The Hall–Kier alpha value is -3.68. The average Bonchev–Trinajstić information content (AvgIpc) is 3.35. The van der Waals surface area contributed by atoms with E-state index in [1.165, 1.54) is 27.8 Å².